The van der Waals surface area contributed by atoms with Crippen LogP contribution >= 0.6 is 0 Å². The number of benzene rings is 1. The molecule has 10 nitrogen and oxygen atoms in total. The predicted molar refractivity (Wildman–Crippen MR) is 235 cm³/mol. The third kappa shape index (κ3) is 23.0. The molecule has 0 saturated heterocycles. The topological polar surface area (TPSA) is 168 Å². The largest absolute Gasteiger partial charge is 0.481 e. The summed E-state index contributed by atoms with van der Waals surface area (Å²) in [6.07, 6.45) is 23.4. The Bertz CT molecular complexity index is 1730. The fourth-order valence-electron chi connectivity index (χ4n) is 6.49. The second kappa shape index (κ2) is 29.6. The molecule has 4 N–H and O–H groups in total. The molecule has 0 saturated carbocycles. The molecule has 0 aliphatic rings. The number of ether oxygens (including phenoxy) is 2. The molecule has 0 fully saturated rings. The van der Waals surface area contributed by atoms with Crippen molar-refractivity contribution in [3.8, 4) is 11.5 Å². The molecule has 0 aromatic heterocycles. The lowest BCUT2D eigenvalue weighted by Crippen LogP contribution is -2.17. The highest BCUT2D eigenvalue weighted by atomic mass is 16.5. The Labute approximate surface area is 353 Å². The Morgan fingerprint density at radius 2 is 0.797 bits per heavy atom. The van der Waals surface area contributed by atoms with Crippen LogP contribution in [0.4, 0.5) is 0 Å². The summed E-state index contributed by atoms with van der Waals surface area (Å²) in [4.78, 5) is 47.5. The van der Waals surface area contributed by atoms with Gasteiger partial charge in [0.2, 0.25) is 0 Å². The molecule has 0 heterocycles. The van der Waals surface area contributed by atoms with Crippen molar-refractivity contribution < 1.29 is 49.1 Å². The number of rotatable bonds is 29. The standard InChI is InChI=1S/C49H72O10/c1-34(2)16-9-17-35(3)18-10-19-36(4)20-11-21-37(5)22-12-23-38(6)24-13-25-39(7)30-31-41-40(8)48(58-46(56)28-14-26-44(52)53)42(32-50)43(33-51)49(41)59-47(57)29-15-27-45(54)55/h16,18,20,22,24,30,50-51H,9-15,17,19,21,23,25-29,31-33H2,1-8H3,(H,52,53)(H,54,55)/b35-18+,36-20+,37-22+,38-24+,39-30+. The van der Waals surface area contributed by atoms with Crippen LogP contribution in [-0.4, -0.2) is 44.3 Å². The highest BCUT2D eigenvalue weighted by Crippen LogP contribution is 2.40. The van der Waals surface area contributed by atoms with Gasteiger partial charge >= 0.3 is 23.9 Å². The number of carbonyl (C=O) groups is 4. The van der Waals surface area contributed by atoms with Crippen molar-refractivity contribution in [2.45, 2.75) is 178 Å². The van der Waals surface area contributed by atoms with Gasteiger partial charge in [-0.1, -0.05) is 69.9 Å². The molecule has 0 aliphatic heterocycles. The number of aliphatic hydroxyl groups is 2. The molecule has 59 heavy (non-hydrogen) atoms. The zero-order valence-electron chi connectivity index (χ0n) is 37.1. The van der Waals surface area contributed by atoms with Crippen LogP contribution in [0.1, 0.15) is 173 Å². The summed E-state index contributed by atoms with van der Waals surface area (Å²) in [6.45, 7) is 15.5. The number of carbonyl (C=O) groups excluding carboxylic acids is 2. The summed E-state index contributed by atoms with van der Waals surface area (Å²) in [5, 5.41) is 38.7. The lowest BCUT2D eigenvalue weighted by molar-refractivity contribution is -0.139. The molecule has 10 heteroatoms. The summed E-state index contributed by atoms with van der Waals surface area (Å²) in [7, 11) is 0. The number of esters is 2. The lowest BCUT2D eigenvalue weighted by atomic mass is 9.93. The van der Waals surface area contributed by atoms with Gasteiger partial charge in [-0.2, -0.15) is 0 Å². The van der Waals surface area contributed by atoms with E-state index in [4.69, 9.17) is 19.7 Å². The predicted octanol–water partition coefficient (Wildman–Crippen LogP) is 11.4. The van der Waals surface area contributed by atoms with Gasteiger partial charge in [0.1, 0.15) is 11.5 Å². The molecule has 0 amide bonds. The lowest BCUT2D eigenvalue weighted by Gasteiger charge is -2.22. The van der Waals surface area contributed by atoms with Gasteiger partial charge in [-0.25, -0.2) is 0 Å². The third-order valence-electron chi connectivity index (χ3n) is 10.1. The quantitative estimate of drug-likeness (QED) is 0.0347. The average Bonchev–Trinajstić information content (AvgIpc) is 3.15. The van der Waals surface area contributed by atoms with Gasteiger partial charge in [0, 0.05) is 42.4 Å². The van der Waals surface area contributed by atoms with Gasteiger partial charge in [0.15, 0.2) is 0 Å². The molecule has 0 atom stereocenters. The second-order valence-corrected chi connectivity index (χ2v) is 15.9. The van der Waals surface area contributed by atoms with Crippen LogP contribution in [0.25, 0.3) is 0 Å². The number of hydrogen-bond donors (Lipinski definition) is 4. The molecular weight excluding hydrogens is 749 g/mol. The smallest absolute Gasteiger partial charge is 0.311 e. The van der Waals surface area contributed by atoms with Crippen LogP contribution in [0, 0.1) is 6.92 Å². The molecule has 0 unspecified atom stereocenters. The van der Waals surface area contributed by atoms with E-state index in [1.807, 2.05) is 13.0 Å². The molecule has 1 aromatic rings. The Morgan fingerprint density at radius 3 is 1.15 bits per heavy atom. The normalized spacial score (nSPS) is 12.7. The van der Waals surface area contributed by atoms with Gasteiger partial charge in [-0.15, -0.1) is 0 Å². The number of aliphatic hydroxyl groups excluding tert-OH is 2. The van der Waals surface area contributed by atoms with Crippen LogP contribution < -0.4 is 9.47 Å². The zero-order chi connectivity index (χ0) is 44.3. The Hall–Kier alpha value is -4.54. The minimum atomic E-state index is -1.04. The molecule has 0 aliphatic carbocycles. The van der Waals surface area contributed by atoms with E-state index in [-0.39, 0.29) is 67.6 Å². The number of hydrogen-bond acceptors (Lipinski definition) is 8. The first kappa shape index (κ1) is 52.5. The van der Waals surface area contributed by atoms with E-state index >= 15 is 0 Å². The minimum Gasteiger partial charge on any atom is -0.481 e. The van der Waals surface area contributed by atoms with E-state index in [9.17, 15) is 29.4 Å². The van der Waals surface area contributed by atoms with Crippen molar-refractivity contribution in [1.29, 1.82) is 0 Å². The van der Waals surface area contributed by atoms with Crippen LogP contribution in [0.5, 0.6) is 11.5 Å². The van der Waals surface area contributed by atoms with E-state index in [0.717, 1.165) is 69.8 Å². The maximum Gasteiger partial charge on any atom is 0.311 e. The number of aliphatic carboxylic acids is 2. The average molecular weight is 821 g/mol. The monoisotopic (exact) mass is 821 g/mol. The Balaban J connectivity index is 2.96. The molecule has 328 valence electrons. The summed E-state index contributed by atoms with van der Waals surface area (Å²) in [6, 6.07) is 0. The van der Waals surface area contributed by atoms with Gasteiger partial charge in [0.25, 0.3) is 0 Å². The van der Waals surface area contributed by atoms with E-state index in [2.05, 4.69) is 71.9 Å². The van der Waals surface area contributed by atoms with Crippen molar-refractivity contribution in [3.05, 3.63) is 92.1 Å². The first-order valence-corrected chi connectivity index (χ1v) is 21.1. The van der Waals surface area contributed by atoms with E-state index in [0.29, 0.717) is 11.1 Å². The van der Waals surface area contributed by atoms with Gasteiger partial charge in [0.05, 0.1) is 13.2 Å². The first-order valence-electron chi connectivity index (χ1n) is 21.1. The zero-order valence-corrected chi connectivity index (χ0v) is 37.1. The molecule has 1 rings (SSSR count). The highest BCUT2D eigenvalue weighted by Gasteiger charge is 2.26. The van der Waals surface area contributed by atoms with Crippen LogP contribution in [0.3, 0.4) is 0 Å². The van der Waals surface area contributed by atoms with Crippen molar-refractivity contribution >= 4 is 23.9 Å². The number of allylic oxidation sites excluding steroid dienone is 12. The summed E-state index contributed by atoms with van der Waals surface area (Å²) in [5.41, 5.74) is 9.13. The van der Waals surface area contributed by atoms with Crippen molar-refractivity contribution in [1.82, 2.24) is 0 Å². The molecule has 1 aromatic carbocycles. The molecule has 0 bridgehead atoms. The Morgan fingerprint density at radius 1 is 0.458 bits per heavy atom. The fraction of sp³-hybridized carbons (Fsp3) is 0.551. The Kier molecular flexibility index (Phi) is 26.4. The van der Waals surface area contributed by atoms with Crippen LogP contribution in [0.2, 0.25) is 0 Å². The molecular formula is C49H72O10. The van der Waals surface area contributed by atoms with E-state index in [1.165, 1.54) is 27.9 Å². The van der Waals surface area contributed by atoms with E-state index < -0.39 is 37.1 Å². The molecule has 0 radical (unpaired) electrons. The highest BCUT2D eigenvalue weighted by molar-refractivity contribution is 5.78. The van der Waals surface area contributed by atoms with Crippen molar-refractivity contribution in [3.63, 3.8) is 0 Å². The number of carboxylic acids is 2. The van der Waals surface area contributed by atoms with Gasteiger partial charge in [-0.3, -0.25) is 19.2 Å². The van der Waals surface area contributed by atoms with Crippen molar-refractivity contribution in [2.75, 3.05) is 0 Å². The third-order valence-corrected chi connectivity index (χ3v) is 10.1. The first-order chi connectivity index (χ1) is 28.0. The fourth-order valence-corrected chi connectivity index (χ4v) is 6.49. The second-order valence-electron chi connectivity index (χ2n) is 15.9. The van der Waals surface area contributed by atoms with Crippen LogP contribution in [0.15, 0.2) is 69.9 Å². The SMILES string of the molecule is CC(C)=CCC/C(C)=C/CC/C(C)=C/CC/C(C)=C/CC/C(C)=C/CC/C(C)=C/Cc1c(C)c(OC(=O)CCCC(=O)O)c(CO)c(CO)c1OC(=O)CCCC(=O)O. The summed E-state index contributed by atoms with van der Waals surface area (Å²) in [5.74, 6) is -3.41. The maximum atomic E-state index is 12.8. The van der Waals surface area contributed by atoms with Crippen molar-refractivity contribution in [2.24, 2.45) is 0 Å². The van der Waals surface area contributed by atoms with Crippen LogP contribution in [-0.2, 0) is 38.8 Å². The molecule has 0 spiro atoms. The van der Waals surface area contributed by atoms with Gasteiger partial charge in [-0.05, 0) is 144 Å². The number of carboxylic acid groups (broad SMARTS) is 2. The van der Waals surface area contributed by atoms with E-state index in [1.54, 1.807) is 6.92 Å². The maximum absolute atomic E-state index is 12.8. The summed E-state index contributed by atoms with van der Waals surface area (Å²) < 4.78 is 11.4. The minimum absolute atomic E-state index is 0.0259. The summed E-state index contributed by atoms with van der Waals surface area (Å²) >= 11 is 0. The van der Waals surface area contributed by atoms with Gasteiger partial charge < -0.3 is 29.9 Å².